The van der Waals surface area contributed by atoms with Gasteiger partial charge in [-0.25, -0.2) is 0 Å². The summed E-state index contributed by atoms with van der Waals surface area (Å²) in [5, 5.41) is 4.20. The molecule has 2 aromatic carbocycles. The Bertz CT molecular complexity index is 667. The van der Waals surface area contributed by atoms with Gasteiger partial charge < -0.3 is 0 Å². The minimum atomic E-state index is 0.780. The molecule has 0 saturated heterocycles. The predicted octanol–water partition coefficient (Wildman–Crippen LogP) is 5.98. The Labute approximate surface area is 117 Å². The highest BCUT2D eigenvalue weighted by molar-refractivity contribution is 9.10. The highest BCUT2D eigenvalue weighted by Crippen LogP contribution is 2.41. The maximum absolute atomic E-state index is 6.30. The molecule has 0 bridgehead atoms. The van der Waals surface area contributed by atoms with Gasteiger partial charge in [-0.15, -0.1) is 11.3 Å². The van der Waals surface area contributed by atoms with E-state index in [0.29, 0.717) is 0 Å². The second-order valence-corrected chi connectivity index (χ2v) is 5.91. The number of thiophene rings is 1. The Morgan fingerprint density at radius 2 is 1.82 bits per heavy atom. The molecule has 0 aliphatic rings. The van der Waals surface area contributed by atoms with E-state index in [1.165, 1.54) is 15.6 Å². The smallest absolute Gasteiger partial charge is 0.0496 e. The standard InChI is InChI=1S/C14H8BrClS/c15-11-5-3-6-12(16)14(11)10-8-17-13-7-2-1-4-9(10)13/h1-8H. The molecule has 0 radical (unpaired) electrons. The summed E-state index contributed by atoms with van der Waals surface area (Å²) in [5.41, 5.74) is 2.27. The zero-order valence-corrected chi connectivity index (χ0v) is 11.9. The molecular weight excluding hydrogens is 316 g/mol. The van der Waals surface area contributed by atoms with Crippen molar-refractivity contribution in [2.75, 3.05) is 0 Å². The first-order valence-corrected chi connectivity index (χ1v) is 7.23. The molecule has 0 amide bonds. The van der Waals surface area contributed by atoms with Gasteiger partial charge in [-0.1, -0.05) is 51.8 Å². The largest absolute Gasteiger partial charge is 0.143 e. The Balaban J connectivity index is 2.35. The fourth-order valence-corrected chi connectivity index (χ4v) is 3.85. The third-order valence-electron chi connectivity index (χ3n) is 2.71. The summed E-state index contributed by atoms with van der Waals surface area (Å²) in [7, 11) is 0. The van der Waals surface area contributed by atoms with Gasteiger partial charge in [-0.05, 0) is 23.6 Å². The molecule has 0 fully saturated rings. The third-order valence-corrected chi connectivity index (χ3v) is 4.65. The molecule has 0 unspecified atom stereocenters. The van der Waals surface area contributed by atoms with Crippen LogP contribution in [-0.4, -0.2) is 0 Å². The van der Waals surface area contributed by atoms with E-state index in [-0.39, 0.29) is 0 Å². The number of hydrogen-bond donors (Lipinski definition) is 0. The number of benzene rings is 2. The Kier molecular flexibility index (Phi) is 2.95. The van der Waals surface area contributed by atoms with Crippen molar-refractivity contribution in [2.24, 2.45) is 0 Å². The first kappa shape index (κ1) is 11.3. The fourth-order valence-electron chi connectivity index (χ4n) is 1.93. The SMILES string of the molecule is Clc1cccc(Br)c1-c1csc2ccccc12. The third kappa shape index (κ3) is 1.90. The molecule has 3 heteroatoms. The number of rotatable bonds is 1. The molecule has 3 aromatic rings. The second-order valence-electron chi connectivity index (χ2n) is 3.74. The summed E-state index contributed by atoms with van der Waals surface area (Å²) in [6.07, 6.45) is 0. The van der Waals surface area contributed by atoms with Crippen LogP contribution < -0.4 is 0 Å². The van der Waals surface area contributed by atoms with Crippen molar-refractivity contribution in [3.05, 3.63) is 57.3 Å². The molecule has 1 aromatic heterocycles. The van der Waals surface area contributed by atoms with Gasteiger partial charge in [0.25, 0.3) is 0 Å². The highest BCUT2D eigenvalue weighted by Gasteiger charge is 2.12. The summed E-state index contributed by atoms with van der Waals surface area (Å²) in [5.74, 6) is 0. The second kappa shape index (κ2) is 4.45. The average Bonchev–Trinajstić information content (AvgIpc) is 2.73. The van der Waals surface area contributed by atoms with Gasteiger partial charge in [-0.2, -0.15) is 0 Å². The van der Waals surface area contributed by atoms with Crippen molar-refractivity contribution < 1.29 is 0 Å². The summed E-state index contributed by atoms with van der Waals surface area (Å²) in [4.78, 5) is 0. The summed E-state index contributed by atoms with van der Waals surface area (Å²) >= 11 is 11.6. The lowest BCUT2D eigenvalue weighted by Gasteiger charge is -2.05. The predicted molar refractivity (Wildman–Crippen MR) is 80.0 cm³/mol. The first-order valence-electron chi connectivity index (χ1n) is 5.18. The molecule has 0 aliphatic carbocycles. The molecule has 0 spiro atoms. The topological polar surface area (TPSA) is 0 Å². The molecule has 0 atom stereocenters. The molecular formula is C14H8BrClS. The van der Waals surface area contributed by atoms with E-state index in [9.17, 15) is 0 Å². The Hall–Kier alpha value is -0.830. The molecule has 0 saturated carbocycles. The van der Waals surface area contributed by atoms with Crippen molar-refractivity contribution in [3.8, 4) is 11.1 Å². The normalized spacial score (nSPS) is 10.9. The first-order chi connectivity index (χ1) is 8.27. The number of fused-ring (bicyclic) bond motifs is 1. The maximum atomic E-state index is 6.30. The lowest BCUT2D eigenvalue weighted by molar-refractivity contribution is 1.63. The Morgan fingerprint density at radius 1 is 1.00 bits per heavy atom. The van der Waals surface area contributed by atoms with E-state index in [0.717, 1.165) is 15.1 Å². The summed E-state index contributed by atoms with van der Waals surface area (Å²) < 4.78 is 2.32. The van der Waals surface area contributed by atoms with Crippen LogP contribution in [-0.2, 0) is 0 Å². The average molecular weight is 324 g/mol. The zero-order valence-electron chi connectivity index (χ0n) is 8.78. The van der Waals surface area contributed by atoms with Gasteiger partial charge in [-0.3, -0.25) is 0 Å². The van der Waals surface area contributed by atoms with Crippen molar-refractivity contribution in [3.63, 3.8) is 0 Å². The van der Waals surface area contributed by atoms with Crippen LogP contribution in [0.1, 0.15) is 0 Å². The molecule has 17 heavy (non-hydrogen) atoms. The van der Waals surface area contributed by atoms with E-state index >= 15 is 0 Å². The van der Waals surface area contributed by atoms with Crippen LogP contribution in [0.25, 0.3) is 21.2 Å². The van der Waals surface area contributed by atoms with Gasteiger partial charge in [0.05, 0.1) is 0 Å². The molecule has 84 valence electrons. The van der Waals surface area contributed by atoms with Crippen molar-refractivity contribution in [1.29, 1.82) is 0 Å². The van der Waals surface area contributed by atoms with Gasteiger partial charge in [0.2, 0.25) is 0 Å². The van der Waals surface area contributed by atoms with Gasteiger partial charge >= 0.3 is 0 Å². The lowest BCUT2D eigenvalue weighted by Crippen LogP contribution is -1.79. The van der Waals surface area contributed by atoms with Crippen molar-refractivity contribution in [2.45, 2.75) is 0 Å². The van der Waals surface area contributed by atoms with Crippen LogP contribution in [0.15, 0.2) is 52.3 Å². The van der Waals surface area contributed by atoms with Crippen LogP contribution in [0.2, 0.25) is 5.02 Å². The van der Waals surface area contributed by atoms with Crippen LogP contribution in [0.3, 0.4) is 0 Å². The summed E-state index contributed by atoms with van der Waals surface area (Å²) in [6.45, 7) is 0. The van der Waals surface area contributed by atoms with Crippen LogP contribution >= 0.6 is 38.9 Å². The van der Waals surface area contributed by atoms with Crippen LogP contribution in [0.5, 0.6) is 0 Å². The van der Waals surface area contributed by atoms with Crippen molar-refractivity contribution >= 4 is 49.0 Å². The molecule has 0 nitrogen and oxygen atoms in total. The summed E-state index contributed by atoms with van der Waals surface area (Å²) in [6, 6.07) is 14.3. The number of halogens is 2. The minimum absolute atomic E-state index is 0.780. The minimum Gasteiger partial charge on any atom is -0.143 e. The molecule has 0 N–H and O–H groups in total. The molecule has 1 heterocycles. The van der Waals surface area contributed by atoms with E-state index in [1.807, 2.05) is 18.2 Å². The fraction of sp³-hybridized carbons (Fsp3) is 0. The quantitative estimate of drug-likeness (QED) is 0.516. The highest BCUT2D eigenvalue weighted by atomic mass is 79.9. The van der Waals surface area contributed by atoms with Crippen LogP contribution in [0, 0.1) is 0 Å². The van der Waals surface area contributed by atoms with E-state index in [1.54, 1.807) is 11.3 Å². The number of hydrogen-bond acceptors (Lipinski definition) is 1. The van der Waals surface area contributed by atoms with Gasteiger partial charge in [0.15, 0.2) is 0 Å². The Morgan fingerprint density at radius 3 is 2.65 bits per heavy atom. The molecule has 0 aliphatic heterocycles. The zero-order chi connectivity index (χ0) is 11.8. The molecule has 3 rings (SSSR count). The van der Waals surface area contributed by atoms with Crippen molar-refractivity contribution in [1.82, 2.24) is 0 Å². The van der Waals surface area contributed by atoms with Crippen LogP contribution in [0.4, 0.5) is 0 Å². The van der Waals surface area contributed by atoms with E-state index < -0.39 is 0 Å². The lowest BCUT2D eigenvalue weighted by atomic mass is 10.1. The van der Waals surface area contributed by atoms with Gasteiger partial charge in [0, 0.05) is 30.7 Å². The van der Waals surface area contributed by atoms with E-state index in [4.69, 9.17) is 11.6 Å². The maximum Gasteiger partial charge on any atom is 0.0496 e. The van der Waals surface area contributed by atoms with E-state index in [2.05, 4.69) is 45.6 Å². The monoisotopic (exact) mass is 322 g/mol. The van der Waals surface area contributed by atoms with Gasteiger partial charge in [0.1, 0.15) is 0 Å².